The number of nitrogens with one attached hydrogen (secondary N) is 1. The van der Waals surface area contributed by atoms with Gasteiger partial charge in [0.1, 0.15) is 5.75 Å². The van der Waals surface area contributed by atoms with Gasteiger partial charge in [0.2, 0.25) is 5.89 Å². The Morgan fingerprint density at radius 1 is 1.27 bits per heavy atom. The lowest BCUT2D eigenvalue weighted by Crippen LogP contribution is -2.15. The van der Waals surface area contributed by atoms with Crippen LogP contribution in [-0.2, 0) is 21.9 Å². The van der Waals surface area contributed by atoms with Crippen molar-refractivity contribution < 1.29 is 17.7 Å². The third-order valence-electron chi connectivity index (χ3n) is 3.26. The lowest BCUT2D eigenvalue weighted by atomic mass is 9.97. The Kier molecular flexibility index (Phi) is 3.36. The average molecular weight is 323 g/mol. The SMILES string of the molecule is CC(C)(C)c1nc(NS(=O)(=O)c2ccc3c(c2)CCO3)no1. The molecule has 2 aromatic rings. The number of nitrogens with zero attached hydrogens (tertiary/aromatic N) is 2. The van der Waals surface area contributed by atoms with Crippen molar-refractivity contribution in [3.8, 4) is 5.75 Å². The lowest BCUT2D eigenvalue weighted by Gasteiger charge is -2.10. The van der Waals surface area contributed by atoms with E-state index in [1.165, 1.54) is 6.07 Å². The summed E-state index contributed by atoms with van der Waals surface area (Å²) in [5.41, 5.74) is 0.535. The molecular weight excluding hydrogens is 306 g/mol. The van der Waals surface area contributed by atoms with Gasteiger partial charge in [-0.15, -0.1) is 0 Å². The zero-order valence-electron chi connectivity index (χ0n) is 12.6. The molecule has 0 saturated heterocycles. The van der Waals surface area contributed by atoms with Crippen LogP contribution in [0.3, 0.4) is 0 Å². The summed E-state index contributed by atoms with van der Waals surface area (Å²) in [4.78, 5) is 4.22. The maximum absolute atomic E-state index is 12.4. The van der Waals surface area contributed by atoms with E-state index in [0.29, 0.717) is 18.9 Å². The van der Waals surface area contributed by atoms with Crippen LogP contribution in [0.25, 0.3) is 0 Å². The largest absolute Gasteiger partial charge is 0.493 e. The van der Waals surface area contributed by atoms with Gasteiger partial charge in [0.05, 0.1) is 11.5 Å². The standard InChI is InChI=1S/C14H17N3O4S/c1-14(2,3)12-15-13(16-21-12)17-22(18,19)10-4-5-11-9(8-10)6-7-20-11/h4-5,8H,6-7H2,1-3H3,(H,16,17). The molecule has 0 amide bonds. The van der Waals surface area contributed by atoms with Gasteiger partial charge in [0, 0.05) is 11.8 Å². The molecule has 0 fully saturated rings. The van der Waals surface area contributed by atoms with Crippen LogP contribution in [0.5, 0.6) is 5.75 Å². The molecule has 1 N–H and O–H groups in total. The quantitative estimate of drug-likeness (QED) is 0.929. The van der Waals surface area contributed by atoms with Crippen molar-refractivity contribution in [2.24, 2.45) is 0 Å². The maximum atomic E-state index is 12.4. The summed E-state index contributed by atoms with van der Waals surface area (Å²) in [6, 6.07) is 4.76. The van der Waals surface area contributed by atoms with E-state index >= 15 is 0 Å². The van der Waals surface area contributed by atoms with Crippen molar-refractivity contribution in [1.82, 2.24) is 10.1 Å². The third-order valence-corrected chi connectivity index (χ3v) is 4.59. The van der Waals surface area contributed by atoms with E-state index in [0.717, 1.165) is 11.3 Å². The number of anilines is 1. The minimum absolute atomic E-state index is 0.0679. The van der Waals surface area contributed by atoms with E-state index in [2.05, 4.69) is 14.9 Å². The highest BCUT2D eigenvalue weighted by Crippen LogP contribution is 2.28. The first-order valence-corrected chi connectivity index (χ1v) is 8.37. The van der Waals surface area contributed by atoms with Crippen LogP contribution in [0.15, 0.2) is 27.6 Å². The summed E-state index contributed by atoms with van der Waals surface area (Å²) in [7, 11) is -3.76. The molecule has 1 aromatic heterocycles. The predicted molar refractivity (Wildman–Crippen MR) is 79.4 cm³/mol. The molecular formula is C14H17N3O4S. The normalized spacial score (nSPS) is 14.5. The van der Waals surface area contributed by atoms with Gasteiger partial charge >= 0.3 is 0 Å². The molecule has 0 bridgehead atoms. The van der Waals surface area contributed by atoms with Gasteiger partial charge in [-0.25, -0.2) is 13.1 Å². The lowest BCUT2D eigenvalue weighted by molar-refractivity contribution is 0.321. The summed E-state index contributed by atoms with van der Waals surface area (Å²) >= 11 is 0. The molecule has 1 aliphatic heterocycles. The van der Waals surface area contributed by atoms with Crippen LogP contribution in [0.2, 0.25) is 0 Å². The Morgan fingerprint density at radius 2 is 2.05 bits per heavy atom. The van der Waals surface area contributed by atoms with Crippen LogP contribution in [0, 0.1) is 0 Å². The van der Waals surface area contributed by atoms with Gasteiger partial charge in [0.25, 0.3) is 16.0 Å². The van der Waals surface area contributed by atoms with Crippen LogP contribution in [0.1, 0.15) is 32.2 Å². The second-order valence-corrected chi connectivity index (χ2v) is 7.83. The van der Waals surface area contributed by atoms with Gasteiger partial charge in [0.15, 0.2) is 0 Å². The first kappa shape index (κ1) is 14.8. The van der Waals surface area contributed by atoms with E-state index in [4.69, 9.17) is 9.26 Å². The Hall–Kier alpha value is -2.09. The Balaban J connectivity index is 1.86. The number of benzene rings is 1. The van der Waals surface area contributed by atoms with Crippen molar-refractivity contribution in [2.75, 3.05) is 11.3 Å². The molecule has 0 spiro atoms. The summed E-state index contributed by atoms with van der Waals surface area (Å²) in [6.07, 6.45) is 0.703. The topological polar surface area (TPSA) is 94.3 Å². The number of rotatable bonds is 3. The van der Waals surface area contributed by atoms with Crippen molar-refractivity contribution in [3.05, 3.63) is 29.7 Å². The van der Waals surface area contributed by atoms with Crippen molar-refractivity contribution in [2.45, 2.75) is 37.5 Å². The number of hydrogen-bond donors (Lipinski definition) is 1. The third kappa shape index (κ3) is 2.78. The zero-order chi connectivity index (χ0) is 16.0. The molecule has 22 heavy (non-hydrogen) atoms. The van der Waals surface area contributed by atoms with Gasteiger partial charge in [-0.05, 0) is 28.9 Å². The van der Waals surface area contributed by atoms with Gasteiger partial charge in [-0.2, -0.15) is 4.98 Å². The molecule has 118 valence electrons. The van der Waals surface area contributed by atoms with E-state index in [-0.39, 0.29) is 16.3 Å². The molecule has 0 unspecified atom stereocenters. The fourth-order valence-corrected chi connectivity index (χ4v) is 3.06. The highest BCUT2D eigenvalue weighted by Gasteiger charge is 2.25. The minimum Gasteiger partial charge on any atom is -0.493 e. The Bertz CT molecular complexity index is 806. The van der Waals surface area contributed by atoms with Crippen LogP contribution < -0.4 is 9.46 Å². The monoisotopic (exact) mass is 323 g/mol. The van der Waals surface area contributed by atoms with E-state index < -0.39 is 10.0 Å². The van der Waals surface area contributed by atoms with Gasteiger partial charge in [-0.1, -0.05) is 20.8 Å². The Labute approximate surface area is 128 Å². The number of sulfonamides is 1. The number of hydrogen-bond acceptors (Lipinski definition) is 6. The van der Waals surface area contributed by atoms with Crippen LogP contribution >= 0.6 is 0 Å². The molecule has 0 radical (unpaired) electrons. The van der Waals surface area contributed by atoms with Crippen LogP contribution in [0.4, 0.5) is 5.95 Å². The highest BCUT2D eigenvalue weighted by atomic mass is 32.2. The van der Waals surface area contributed by atoms with E-state index in [1.807, 2.05) is 20.8 Å². The molecule has 0 aliphatic carbocycles. The second kappa shape index (κ2) is 4.98. The second-order valence-electron chi connectivity index (χ2n) is 6.15. The molecule has 1 aromatic carbocycles. The summed E-state index contributed by atoms with van der Waals surface area (Å²) in [5.74, 6) is 1.03. The van der Waals surface area contributed by atoms with Crippen molar-refractivity contribution >= 4 is 16.0 Å². The Morgan fingerprint density at radius 3 is 2.73 bits per heavy atom. The molecule has 1 aliphatic rings. The van der Waals surface area contributed by atoms with E-state index in [1.54, 1.807) is 12.1 Å². The van der Waals surface area contributed by atoms with Crippen molar-refractivity contribution in [1.29, 1.82) is 0 Å². The minimum atomic E-state index is -3.76. The molecule has 7 nitrogen and oxygen atoms in total. The first-order chi connectivity index (χ1) is 10.3. The van der Waals surface area contributed by atoms with Crippen LogP contribution in [-0.4, -0.2) is 25.2 Å². The smallest absolute Gasteiger partial charge is 0.277 e. The molecule has 0 atom stereocenters. The number of ether oxygens (including phenoxy) is 1. The molecule has 0 saturated carbocycles. The van der Waals surface area contributed by atoms with Gasteiger partial charge in [-0.3, -0.25) is 0 Å². The van der Waals surface area contributed by atoms with Crippen molar-refractivity contribution in [3.63, 3.8) is 0 Å². The maximum Gasteiger partial charge on any atom is 0.277 e. The highest BCUT2D eigenvalue weighted by molar-refractivity contribution is 7.92. The summed E-state index contributed by atoms with van der Waals surface area (Å²) in [6.45, 7) is 6.28. The summed E-state index contributed by atoms with van der Waals surface area (Å²) in [5, 5.41) is 3.66. The summed E-state index contributed by atoms with van der Waals surface area (Å²) < 4.78 is 37.6. The fraction of sp³-hybridized carbons (Fsp3) is 0.429. The average Bonchev–Trinajstić information content (AvgIpc) is 3.04. The molecule has 8 heteroatoms. The molecule has 2 heterocycles. The zero-order valence-corrected chi connectivity index (χ0v) is 13.4. The van der Waals surface area contributed by atoms with E-state index in [9.17, 15) is 8.42 Å². The fourth-order valence-electron chi connectivity index (χ4n) is 2.08. The molecule has 3 rings (SSSR count). The predicted octanol–water partition coefficient (Wildman–Crippen LogP) is 2.10. The number of aromatic nitrogens is 2. The first-order valence-electron chi connectivity index (χ1n) is 6.88. The number of fused-ring (bicyclic) bond motifs is 1. The van der Waals surface area contributed by atoms with Gasteiger partial charge < -0.3 is 9.26 Å².